The maximum atomic E-state index is 13.0. The van der Waals surface area contributed by atoms with Gasteiger partial charge in [0.2, 0.25) is 5.89 Å². The molecular weight excluding hydrogens is 439 g/mol. The lowest BCUT2D eigenvalue weighted by molar-refractivity contribution is -0.137. The van der Waals surface area contributed by atoms with Gasteiger partial charge in [0, 0.05) is 44.6 Å². The number of hydrogen-bond donors (Lipinski definition) is 0. The second-order valence-electron chi connectivity index (χ2n) is 8.29. The van der Waals surface area contributed by atoms with Gasteiger partial charge >= 0.3 is 6.18 Å². The molecule has 3 aromatic rings. The highest BCUT2D eigenvalue weighted by Gasteiger charge is 2.34. The molecule has 2 aliphatic heterocycles. The first-order chi connectivity index (χ1) is 15.8. The van der Waals surface area contributed by atoms with Gasteiger partial charge in [-0.1, -0.05) is 6.07 Å². The predicted molar refractivity (Wildman–Crippen MR) is 109 cm³/mol. The number of fused-ring (bicyclic) bond motifs is 1. The first-order valence-electron chi connectivity index (χ1n) is 10.8. The van der Waals surface area contributed by atoms with E-state index in [1.165, 1.54) is 17.0 Å². The van der Waals surface area contributed by atoms with Gasteiger partial charge in [-0.3, -0.25) is 4.79 Å². The molecule has 0 unspecified atom stereocenters. The molecule has 174 valence electrons. The van der Waals surface area contributed by atoms with Crippen molar-refractivity contribution in [1.29, 1.82) is 0 Å². The Hall–Kier alpha value is -3.21. The number of carbonyl (C=O) groups is 1. The van der Waals surface area contributed by atoms with Crippen molar-refractivity contribution in [3.05, 3.63) is 53.3 Å². The van der Waals surface area contributed by atoms with Crippen molar-refractivity contribution >= 4 is 5.91 Å². The van der Waals surface area contributed by atoms with Crippen molar-refractivity contribution in [1.82, 2.24) is 24.6 Å². The van der Waals surface area contributed by atoms with E-state index in [4.69, 9.17) is 9.15 Å². The normalized spacial score (nSPS) is 20.6. The van der Waals surface area contributed by atoms with E-state index in [0.29, 0.717) is 31.2 Å². The Bertz CT molecular complexity index is 1170. The first kappa shape index (κ1) is 21.6. The van der Waals surface area contributed by atoms with Crippen LogP contribution in [-0.2, 0) is 23.9 Å². The molecule has 0 spiro atoms. The summed E-state index contributed by atoms with van der Waals surface area (Å²) in [5, 5.41) is 8.30. The summed E-state index contributed by atoms with van der Waals surface area (Å²) in [6.45, 7) is 1.21. The molecule has 33 heavy (non-hydrogen) atoms. The number of carbonyl (C=O) groups excluding carboxylic acids is 1. The van der Waals surface area contributed by atoms with Crippen LogP contribution in [0, 0.1) is 0 Å². The molecule has 8 nitrogen and oxygen atoms in total. The monoisotopic (exact) mass is 461 g/mol. The summed E-state index contributed by atoms with van der Waals surface area (Å²) >= 11 is 0. The summed E-state index contributed by atoms with van der Waals surface area (Å²) in [7, 11) is 1.59. The van der Waals surface area contributed by atoms with Crippen LogP contribution in [0.3, 0.4) is 0 Å². The third kappa shape index (κ3) is 4.12. The van der Waals surface area contributed by atoms with Crippen molar-refractivity contribution in [2.24, 2.45) is 0 Å². The highest BCUT2D eigenvalue weighted by atomic mass is 19.4. The molecule has 5 rings (SSSR count). The molecule has 4 heterocycles. The van der Waals surface area contributed by atoms with Crippen LogP contribution in [0.1, 0.15) is 53.0 Å². The molecule has 11 heteroatoms. The average Bonchev–Trinajstić information content (AvgIpc) is 3.55. The summed E-state index contributed by atoms with van der Waals surface area (Å²) in [6, 6.07) is 4.21. The van der Waals surface area contributed by atoms with Gasteiger partial charge in [0.1, 0.15) is 17.6 Å². The van der Waals surface area contributed by atoms with E-state index >= 15 is 0 Å². The fraction of sp³-hybridized carbons (Fsp3) is 0.455. The fourth-order valence-corrected chi connectivity index (χ4v) is 4.40. The summed E-state index contributed by atoms with van der Waals surface area (Å²) in [5.74, 6) is 1.19. The van der Waals surface area contributed by atoms with Crippen molar-refractivity contribution < 1.29 is 27.1 Å². The van der Waals surface area contributed by atoms with Crippen LogP contribution in [0.5, 0.6) is 0 Å². The Kier molecular flexibility index (Phi) is 5.43. The minimum Gasteiger partial charge on any atom is -0.416 e. The number of hydrogen-bond acceptors (Lipinski definition) is 6. The Morgan fingerprint density at radius 1 is 1.27 bits per heavy atom. The molecule has 2 aromatic heterocycles. The number of amides is 1. The minimum absolute atomic E-state index is 0.00923. The van der Waals surface area contributed by atoms with Gasteiger partial charge in [0.05, 0.1) is 11.8 Å². The number of benzene rings is 1. The molecule has 1 aromatic carbocycles. The number of halogens is 3. The summed E-state index contributed by atoms with van der Waals surface area (Å²) in [5.41, 5.74) is -0.0909. The second-order valence-corrected chi connectivity index (χ2v) is 8.29. The SMILES string of the molecule is CN(C(=O)c1cccc(C(F)(F)F)c1)[C@@H]1CCO[C@H](c2nnc(-c3cnc4n3CCC4)o2)C1. The molecule has 0 N–H and O–H groups in total. The van der Waals surface area contributed by atoms with Crippen molar-refractivity contribution in [2.75, 3.05) is 13.7 Å². The van der Waals surface area contributed by atoms with E-state index in [1.807, 2.05) is 0 Å². The van der Waals surface area contributed by atoms with E-state index in [1.54, 1.807) is 13.2 Å². The maximum Gasteiger partial charge on any atom is 0.416 e. The fourth-order valence-electron chi connectivity index (χ4n) is 4.40. The molecule has 0 bridgehead atoms. The van der Waals surface area contributed by atoms with Crippen molar-refractivity contribution in [2.45, 2.75) is 50.6 Å². The molecule has 2 aliphatic rings. The summed E-state index contributed by atoms with van der Waals surface area (Å²) < 4.78 is 52.9. The van der Waals surface area contributed by atoms with E-state index in [0.717, 1.165) is 43.0 Å². The zero-order valence-electron chi connectivity index (χ0n) is 17.9. The van der Waals surface area contributed by atoms with Crippen LogP contribution in [0.4, 0.5) is 13.2 Å². The molecular formula is C22H22F3N5O3. The van der Waals surface area contributed by atoms with Crippen molar-refractivity contribution in [3.63, 3.8) is 0 Å². The third-order valence-corrected chi connectivity index (χ3v) is 6.22. The van der Waals surface area contributed by atoms with Gasteiger partial charge in [-0.2, -0.15) is 13.2 Å². The zero-order valence-corrected chi connectivity index (χ0v) is 17.9. The Balaban J connectivity index is 1.30. The lowest BCUT2D eigenvalue weighted by Crippen LogP contribution is -2.41. The average molecular weight is 461 g/mol. The van der Waals surface area contributed by atoms with E-state index in [9.17, 15) is 18.0 Å². The highest BCUT2D eigenvalue weighted by molar-refractivity contribution is 5.94. The lowest BCUT2D eigenvalue weighted by Gasteiger charge is -2.34. The molecule has 0 saturated carbocycles. The molecule has 0 radical (unpaired) electrons. The van der Waals surface area contributed by atoms with Crippen LogP contribution in [0.2, 0.25) is 0 Å². The van der Waals surface area contributed by atoms with Gasteiger partial charge in [0.15, 0.2) is 0 Å². The molecule has 0 aliphatic carbocycles. The number of alkyl halides is 3. The number of imidazole rings is 1. The van der Waals surface area contributed by atoms with E-state index in [2.05, 4.69) is 19.7 Å². The summed E-state index contributed by atoms with van der Waals surface area (Å²) in [4.78, 5) is 18.7. The van der Waals surface area contributed by atoms with Gasteiger partial charge in [-0.15, -0.1) is 10.2 Å². The largest absolute Gasteiger partial charge is 0.416 e. The summed E-state index contributed by atoms with van der Waals surface area (Å²) in [6.07, 6.45) is -0.413. The first-order valence-corrected chi connectivity index (χ1v) is 10.8. The van der Waals surface area contributed by atoms with Crippen LogP contribution >= 0.6 is 0 Å². The Morgan fingerprint density at radius 3 is 2.94 bits per heavy atom. The smallest absolute Gasteiger partial charge is 0.416 e. The number of aryl methyl sites for hydroxylation is 1. The van der Waals surface area contributed by atoms with Gasteiger partial charge < -0.3 is 18.6 Å². The third-order valence-electron chi connectivity index (χ3n) is 6.22. The van der Waals surface area contributed by atoms with Gasteiger partial charge in [-0.05, 0) is 31.0 Å². The van der Waals surface area contributed by atoms with Crippen LogP contribution in [0.25, 0.3) is 11.6 Å². The zero-order chi connectivity index (χ0) is 23.2. The highest BCUT2D eigenvalue weighted by Crippen LogP contribution is 2.33. The number of aromatic nitrogens is 4. The Labute approximate surface area is 187 Å². The second kappa shape index (κ2) is 8.29. The van der Waals surface area contributed by atoms with E-state index in [-0.39, 0.29) is 11.6 Å². The molecule has 1 fully saturated rings. The molecule has 1 amide bonds. The number of nitrogens with zero attached hydrogens (tertiary/aromatic N) is 5. The lowest BCUT2D eigenvalue weighted by atomic mass is 10.0. The molecule has 2 atom stereocenters. The Morgan fingerprint density at radius 2 is 2.12 bits per heavy atom. The van der Waals surface area contributed by atoms with E-state index < -0.39 is 23.8 Å². The number of rotatable bonds is 4. The van der Waals surface area contributed by atoms with Gasteiger partial charge in [-0.25, -0.2) is 4.98 Å². The molecule has 1 saturated heterocycles. The van der Waals surface area contributed by atoms with Crippen molar-refractivity contribution in [3.8, 4) is 11.6 Å². The topological polar surface area (TPSA) is 86.3 Å². The minimum atomic E-state index is -4.51. The van der Waals surface area contributed by atoms with Crippen LogP contribution in [0.15, 0.2) is 34.9 Å². The quantitative estimate of drug-likeness (QED) is 0.586. The maximum absolute atomic E-state index is 13.0. The van der Waals surface area contributed by atoms with Crippen LogP contribution in [-0.4, -0.2) is 50.3 Å². The standard InChI is InChI=1S/C22H22F3N5O3/c1-29(21(31)13-4-2-5-14(10-13)22(23,24)25)15-7-9-32-17(11-15)20-28-27-19(33-20)16-12-26-18-6-3-8-30(16)18/h2,4-5,10,12,15,17H,3,6-9,11H2,1H3/t15-,17+/m1/s1. The van der Waals surface area contributed by atoms with Crippen LogP contribution < -0.4 is 0 Å². The predicted octanol–water partition coefficient (Wildman–Crippen LogP) is 3.89. The van der Waals surface area contributed by atoms with Gasteiger partial charge in [0.25, 0.3) is 11.8 Å². The number of ether oxygens (including phenoxy) is 1.